The van der Waals surface area contributed by atoms with E-state index in [0.717, 1.165) is 22.7 Å². The summed E-state index contributed by atoms with van der Waals surface area (Å²) in [5.74, 6) is -1.05. The van der Waals surface area contributed by atoms with Gasteiger partial charge in [0.1, 0.15) is 11.6 Å². The van der Waals surface area contributed by atoms with Gasteiger partial charge in [-0.1, -0.05) is 23.7 Å². The second kappa shape index (κ2) is 9.63. The molecule has 0 saturated carbocycles. The third kappa shape index (κ3) is 5.21. The Balaban J connectivity index is 1.75. The van der Waals surface area contributed by atoms with Gasteiger partial charge in [0, 0.05) is 5.02 Å². The number of esters is 1. The van der Waals surface area contributed by atoms with E-state index in [1.807, 2.05) is 0 Å². The molecule has 0 N–H and O–H groups in total. The van der Waals surface area contributed by atoms with E-state index >= 15 is 0 Å². The molecular weight excluding hydrogens is 501 g/mol. The van der Waals surface area contributed by atoms with Crippen LogP contribution in [-0.2, 0) is 20.9 Å². The first-order valence-electron chi connectivity index (χ1n) is 8.47. The van der Waals surface area contributed by atoms with Crippen molar-refractivity contribution >= 4 is 62.5 Å². The molecule has 30 heavy (non-hydrogen) atoms. The van der Waals surface area contributed by atoms with Crippen molar-refractivity contribution in [2.45, 2.75) is 6.54 Å². The van der Waals surface area contributed by atoms with Gasteiger partial charge < -0.3 is 9.47 Å². The van der Waals surface area contributed by atoms with E-state index in [-0.39, 0.29) is 23.1 Å². The van der Waals surface area contributed by atoms with Gasteiger partial charge >= 0.3 is 5.97 Å². The van der Waals surface area contributed by atoms with E-state index in [2.05, 4.69) is 20.7 Å². The number of benzene rings is 2. The Labute approximate surface area is 189 Å². The summed E-state index contributed by atoms with van der Waals surface area (Å²) in [7, 11) is 1.26. The highest BCUT2D eigenvalue weighted by molar-refractivity contribution is 9.10. The number of halogens is 3. The summed E-state index contributed by atoms with van der Waals surface area (Å²) >= 11 is 10.2. The number of nitrogens with zero attached hydrogens (tertiary/aromatic N) is 1. The lowest BCUT2D eigenvalue weighted by Gasteiger charge is -2.13. The second-order valence-corrected chi connectivity index (χ2v) is 8.31. The maximum atomic E-state index is 13.2. The van der Waals surface area contributed by atoms with Gasteiger partial charge in [0.25, 0.3) is 11.1 Å². The van der Waals surface area contributed by atoms with Crippen LogP contribution in [0.25, 0.3) is 6.08 Å². The molecule has 1 fully saturated rings. The van der Waals surface area contributed by atoms with Gasteiger partial charge in [-0.2, -0.15) is 0 Å². The summed E-state index contributed by atoms with van der Waals surface area (Å²) in [5, 5.41) is -0.298. The Bertz CT molecular complexity index is 1060. The van der Waals surface area contributed by atoms with Crippen molar-refractivity contribution in [2.75, 3.05) is 13.7 Å². The second-order valence-electron chi connectivity index (χ2n) is 6.06. The van der Waals surface area contributed by atoms with Crippen LogP contribution < -0.4 is 4.74 Å². The lowest BCUT2D eigenvalue weighted by molar-refractivity contribution is -0.142. The minimum absolute atomic E-state index is 0.0505. The van der Waals surface area contributed by atoms with Gasteiger partial charge in [0.2, 0.25) is 0 Å². The molecule has 1 aliphatic rings. The standard InChI is InChI=1S/C20H14BrClFNO5S/c1-28-18(25)10-29-16-5-2-11(6-14(16)21)7-17-19(26)24(20(27)30-17)9-12-3-4-13(23)8-15(12)22/h2-8H,9-10H2,1H3/b17-7-. The number of imide groups is 1. The van der Waals surface area contributed by atoms with E-state index in [4.69, 9.17) is 16.3 Å². The molecule has 0 unspecified atom stereocenters. The maximum Gasteiger partial charge on any atom is 0.343 e. The van der Waals surface area contributed by atoms with Crippen molar-refractivity contribution in [1.82, 2.24) is 4.90 Å². The Hall–Kier alpha value is -2.36. The highest BCUT2D eigenvalue weighted by Crippen LogP contribution is 2.35. The number of thioether (sulfide) groups is 1. The van der Waals surface area contributed by atoms with Crippen molar-refractivity contribution < 1.29 is 28.2 Å². The number of hydrogen-bond donors (Lipinski definition) is 0. The van der Waals surface area contributed by atoms with Gasteiger partial charge in [-0.3, -0.25) is 14.5 Å². The Morgan fingerprint density at radius 3 is 2.70 bits per heavy atom. The smallest absolute Gasteiger partial charge is 0.343 e. The number of ether oxygens (including phenoxy) is 2. The van der Waals surface area contributed by atoms with Gasteiger partial charge in [-0.05, 0) is 69.2 Å². The summed E-state index contributed by atoms with van der Waals surface area (Å²) in [6.45, 7) is -0.287. The third-order valence-electron chi connectivity index (χ3n) is 4.04. The van der Waals surface area contributed by atoms with Crippen molar-refractivity contribution in [2.24, 2.45) is 0 Å². The lowest BCUT2D eigenvalue weighted by atomic mass is 10.2. The minimum atomic E-state index is -0.513. The number of amides is 2. The molecule has 3 rings (SSSR count). The van der Waals surface area contributed by atoms with Crippen LogP contribution in [0.5, 0.6) is 5.75 Å². The van der Waals surface area contributed by atoms with Crippen LogP contribution in [-0.4, -0.2) is 35.7 Å². The average molecular weight is 515 g/mol. The van der Waals surface area contributed by atoms with E-state index in [1.165, 1.54) is 19.2 Å². The van der Waals surface area contributed by atoms with Crippen LogP contribution in [0.15, 0.2) is 45.8 Å². The number of carbonyl (C=O) groups excluding carboxylic acids is 3. The Morgan fingerprint density at radius 1 is 1.27 bits per heavy atom. The first-order chi connectivity index (χ1) is 14.3. The molecule has 2 aromatic rings. The molecule has 1 aliphatic heterocycles. The zero-order valence-electron chi connectivity index (χ0n) is 15.5. The van der Waals surface area contributed by atoms with Gasteiger partial charge in [0.15, 0.2) is 6.61 Å². The molecule has 0 spiro atoms. The average Bonchev–Trinajstić information content (AvgIpc) is 2.96. The van der Waals surface area contributed by atoms with Crippen molar-refractivity contribution in [1.29, 1.82) is 0 Å². The molecule has 0 bridgehead atoms. The summed E-state index contributed by atoms with van der Waals surface area (Å²) in [4.78, 5) is 37.5. The fraction of sp³-hybridized carbons (Fsp3) is 0.150. The highest BCUT2D eigenvalue weighted by Gasteiger charge is 2.35. The molecule has 156 valence electrons. The first kappa shape index (κ1) is 22.3. The Morgan fingerprint density at radius 2 is 2.03 bits per heavy atom. The third-order valence-corrected chi connectivity index (χ3v) is 5.92. The van der Waals surface area contributed by atoms with E-state index in [9.17, 15) is 18.8 Å². The topological polar surface area (TPSA) is 72.9 Å². The summed E-state index contributed by atoms with van der Waals surface area (Å²) in [6, 6.07) is 8.79. The summed E-state index contributed by atoms with van der Waals surface area (Å²) < 4.78 is 23.6. The predicted molar refractivity (Wildman–Crippen MR) is 115 cm³/mol. The first-order valence-corrected chi connectivity index (χ1v) is 10.5. The molecule has 1 heterocycles. The van der Waals surface area contributed by atoms with Crippen LogP contribution in [0, 0.1) is 5.82 Å². The molecule has 0 aliphatic carbocycles. The van der Waals surface area contributed by atoms with E-state index in [1.54, 1.807) is 24.3 Å². The van der Waals surface area contributed by atoms with Crippen LogP contribution >= 0.6 is 39.3 Å². The van der Waals surface area contributed by atoms with Crippen LogP contribution in [0.2, 0.25) is 5.02 Å². The number of hydrogen-bond acceptors (Lipinski definition) is 6. The van der Waals surface area contributed by atoms with Crippen molar-refractivity contribution in [3.05, 3.63) is 67.7 Å². The van der Waals surface area contributed by atoms with Gasteiger partial charge in [0.05, 0.1) is 23.0 Å². The predicted octanol–water partition coefficient (Wildman–Crippen LogP) is 5.03. The van der Waals surface area contributed by atoms with Gasteiger partial charge in [-0.15, -0.1) is 0 Å². The van der Waals surface area contributed by atoms with Crippen molar-refractivity contribution in [3.63, 3.8) is 0 Å². The SMILES string of the molecule is COC(=O)COc1ccc(/C=C2\SC(=O)N(Cc3ccc(F)cc3Cl)C2=O)cc1Br. The fourth-order valence-corrected chi connectivity index (χ4v) is 4.10. The molecule has 6 nitrogen and oxygen atoms in total. The molecule has 0 atom stereocenters. The number of carbonyl (C=O) groups is 3. The van der Waals surface area contributed by atoms with Crippen molar-refractivity contribution in [3.8, 4) is 5.75 Å². The largest absolute Gasteiger partial charge is 0.481 e. The van der Waals surface area contributed by atoms with Crippen LogP contribution in [0.3, 0.4) is 0 Å². The maximum absolute atomic E-state index is 13.2. The molecule has 0 radical (unpaired) electrons. The highest BCUT2D eigenvalue weighted by atomic mass is 79.9. The van der Waals surface area contributed by atoms with Crippen LogP contribution in [0.4, 0.5) is 9.18 Å². The zero-order chi connectivity index (χ0) is 21.8. The molecule has 2 aromatic carbocycles. The molecule has 2 amide bonds. The van der Waals surface area contributed by atoms with Gasteiger partial charge in [-0.25, -0.2) is 9.18 Å². The fourth-order valence-electron chi connectivity index (χ4n) is 2.53. The summed E-state index contributed by atoms with van der Waals surface area (Å²) in [6.07, 6.45) is 1.58. The molecule has 1 saturated heterocycles. The molecule has 10 heteroatoms. The molecule has 0 aromatic heterocycles. The molecular formula is C20H14BrClFNO5S. The minimum Gasteiger partial charge on any atom is -0.481 e. The monoisotopic (exact) mass is 513 g/mol. The zero-order valence-corrected chi connectivity index (χ0v) is 18.6. The quantitative estimate of drug-likeness (QED) is 0.398. The normalized spacial score (nSPS) is 15.1. The summed E-state index contributed by atoms with van der Waals surface area (Å²) in [5.41, 5.74) is 1.12. The van der Waals surface area contributed by atoms with Crippen LogP contribution in [0.1, 0.15) is 11.1 Å². The number of methoxy groups -OCH3 is 1. The van der Waals surface area contributed by atoms with E-state index < -0.39 is 22.9 Å². The number of rotatable bonds is 6. The lowest BCUT2D eigenvalue weighted by Crippen LogP contribution is -2.27. The Kier molecular flexibility index (Phi) is 7.17. The van der Waals surface area contributed by atoms with E-state index in [0.29, 0.717) is 21.3 Å².